The molecule has 0 saturated carbocycles. The van der Waals surface area contributed by atoms with Gasteiger partial charge in [0.2, 0.25) is 0 Å². The fourth-order valence-electron chi connectivity index (χ4n) is 3.00. The lowest BCUT2D eigenvalue weighted by Gasteiger charge is -2.36. The first-order valence-electron chi connectivity index (χ1n) is 6.50. The maximum absolute atomic E-state index is 4.27. The van der Waals surface area contributed by atoms with E-state index in [2.05, 4.69) is 37.3 Å². The second kappa shape index (κ2) is 6.50. The summed E-state index contributed by atoms with van der Waals surface area (Å²) in [5.74, 6) is 0. The average Bonchev–Trinajstić information content (AvgIpc) is 2.70. The highest BCUT2D eigenvalue weighted by Gasteiger charge is 2.38. The Morgan fingerprint density at radius 3 is 2.94 bits per heavy atom. The van der Waals surface area contributed by atoms with Gasteiger partial charge in [-0.3, -0.25) is 4.98 Å². The van der Waals surface area contributed by atoms with Gasteiger partial charge in [0.1, 0.15) is 6.04 Å². The van der Waals surface area contributed by atoms with Crippen LogP contribution >= 0.6 is 0 Å². The number of aromatic nitrogens is 1. The molecule has 0 bridgehead atoms. The third-order valence-electron chi connectivity index (χ3n) is 3.99. The summed E-state index contributed by atoms with van der Waals surface area (Å²) in [5.41, 5.74) is 1.43. The van der Waals surface area contributed by atoms with Gasteiger partial charge < -0.3 is 21.5 Å². The van der Waals surface area contributed by atoms with Crippen molar-refractivity contribution in [3.05, 3.63) is 30.1 Å². The van der Waals surface area contributed by atoms with E-state index in [0.29, 0.717) is 6.04 Å². The van der Waals surface area contributed by atoms with Gasteiger partial charge in [-0.25, -0.2) is 0 Å². The monoisotopic (exact) mass is 298 g/mol. The summed E-state index contributed by atoms with van der Waals surface area (Å²) in [6, 6.07) is 4.99. The van der Waals surface area contributed by atoms with Crippen LogP contribution in [0.1, 0.15) is 44.2 Å². The molecule has 0 N–H and O–H groups in total. The zero-order valence-corrected chi connectivity index (χ0v) is 12.5. The van der Waals surface area contributed by atoms with Crippen LogP contribution in [0.25, 0.3) is 0 Å². The predicted octanol–water partition coefficient (Wildman–Crippen LogP) is 0.167. The lowest BCUT2D eigenvalue weighted by Crippen LogP contribution is -3.00. The maximum atomic E-state index is 4.27. The first kappa shape index (κ1) is 14.7. The van der Waals surface area contributed by atoms with Crippen LogP contribution in [0.3, 0.4) is 0 Å². The SMILES string of the molecule is CCCC[N+]1(C)CCCC1c1cccnc1.[Br-]. The van der Waals surface area contributed by atoms with Crippen LogP contribution in [0.5, 0.6) is 0 Å². The van der Waals surface area contributed by atoms with Crippen LogP contribution in [0.2, 0.25) is 0 Å². The molecule has 0 amide bonds. The highest BCUT2D eigenvalue weighted by Crippen LogP contribution is 2.37. The van der Waals surface area contributed by atoms with Crippen LogP contribution < -0.4 is 17.0 Å². The van der Waals surface area contributed by atoms with Gasteiger partial charge in [-0.05, 0) is 12.5 Å². The molecule has 3 heteroatoms. The summed E-state index contributed by atoms with van der Waals surface area (Å²) in [4.78, 5) is 4.27. The van der Waals surface area contributed by atoms with Crippen molar-refractivity contribution in [2.45, 2.75) is 38.6 Å². The van der Waals surface area contributed by atoms with E-state index in [9.17, 15) is 0 Å². The number of rotatable bonds is 4. The van der Waals surface area contributed by atoms with Crippen LogP contribution in [-0.4, -0.2) is 29.6 Å². The third kappa shape index (κ3) is 3.29. The van der Waals surface area contributed by atoms with Gasteiger partial charge in [-0.1, -0.05) is 19.4 Å². The Balaban J connectivity index is 0.00000144. The fourth-order valence-corrected chi connectivity index (χ4v) is 3.00. The summed E-state index contributed by atoms with van der Waals surface area (Å²) < 4.78 is 1.22. The summed E-state index contributed by atoms with van der Waals surface area (Å²) in [6.45, 7) is 4.93. The number of nitrogens with zero attached hydrogens (tertiary/aromatic N) is 2. The largest absolute Gasteiger partial charge is 1.00 e. The average molecular weight is 299 g/mol. The van der Waals surface area contributed by atoms with Crippen molar-refractivity contribution >= 4 is 0 Å². The summed E-state index contributed by atoms with van der Waals surface area (Å²) in [7, 11) is 2.42. The van der Waals surface area contributed by atoms with Gasteiger partial charge in [0, 0.05) is 30.8 Å². The Hall–Kier alpha value is -0.410. The highest BCUT2D eigenvalue weighted by atomic mass is 79.9. The van der Waals surface area contributed by atoms with Crippen LogP contribution in [0, 0.1) is 0 Å². The van der Waals surface area contributed by atoms with Crippen molar-refractivity contribution in [1.29, 1.82) is 0 Å². The quantitative estimate of drug-likeness (QED) is 0.722. The standard InChI is InChI=1S/C14H23N2.BrH/c1-3-4-10-16(2)11-6-8-14(16)13-7-5-9-15-12-13;/h5,7,9,12,14H,3-4,6,8,10-11H2,1-2H3;1H/q+1;/p-1. The molecule has 0 aromatic carbocycles. The number of hydrogen-bond acceptors (Lipinski definition) is 1. The molecule has 2 nitrogen and oxygen atoms in total. The molecule has 1 aliphatic heterocycles. The van der Waals surface area contributed by atoms with Gasteiger partial charge in [0.05, 0.1) is 20.1 Å². The zero-order chi connectivity index (χ0) is 11.4. The number of hydrogen-bond donors (Lipinski definition) is 0. The van der Waals surface area contributed by atoms with Crippen molar-refractivity contribution in [2.24, 2.45) is 0 Å². The zero-order valence-electron chi connectivity index (χ0n) is 10.9. The van der Waals surface area contributed by atoms with Crippen molar-refractivity contribution in [3.8, 4) is 0 Å². The Labute approximate surface area is 115 Å². The second-order valence-electron chi connectivity index (χ2n) is 5.22. The second-order valence-corrected chi connectivity index (χ2v) is 5.22. The Morgan fingerprint density at radius 2 is 2.29 bits per heavy atom. The molecule has 1 saturated heterocycles. The number of pyridine rings is 1. The topological polar surface area (TPSA) is 12.9 Å². The smallest absolute Gasteiger partial charge is 0.116 e. The third-order valence-corrected chi connectivity index (χ3v) is 3.99. The number of halogens is 1. The van der Waals surface area contributed by atoms with Crippen molar-refractivity contribution in [3.63, 3.8) is 0 Å². The Kier molecular flexibility index (Phi) is 5.60. The number of likely N-dealkylation sites (tertiary alicyclic amines) is 1. The summed E-state index contributed by atoms with van der Waals surface area (Å²) >= 11 is 0. The molecule has 0 aliphatic carbocycles. The van der Waals surface area contributed by atoms with Gasteiger partial charge in [0.25, 0.3) is 0 Å². The van der Waals surface area contributed by atoms with Gasteiger partial charge in [-0.15, -0.1) is 0 Å². The first-order valence-corrected chi connectivity index (χ1v) is 6.50. The molecule has 2 atom stereocenters. The van der Waals surface area contributed by atoms with Crippen LogP contribution in [0.4, 0.5) is 0 Å². The minimum Gasteiger partial charge on any atom is -1.00 e. The molecule has 96 valence electrons. The molecular weight excluding hydrogens is 276 g/mol. The van der Waals surface area contributed by atoms with E-state index >= 15 is 0 Å². The van der Waals surface area contributed by atoms with Crippen molar-refractivity contribution in [2.75, 3.05) is 20.1 Å². The first-order chi connectivity index (χ1) is 7.76. The van der Waals surface area contributed by atoms with Gasteiger partial charge in [-0.2, -0.15) is 0 Å². The normalized spacial score (nSPS) is 27.8. The van der Waals surface area contributed by atoms with Crippen LogP contribution in [0.15, 0.2) is 24.5 Å². The molecule has 2 heterocycles. The maximum Gasteiger partial charge on any atom is 0.116 e. The molecule has 1 aliphatic rings. The molecule has 1 aromatic heterocycles. The van der Waals surface area contributed by atoms with E-state index < -0.39 is 0 Å². The molecule has 17 heavy (non-hydrogen) atoms. The lowest BCUT2D eigenvalue weighted by molar-refractivity contribution is -0.927. The fraction of sp³-hybridized carbons (Fsp3) is 0.643. The van der Waals surface area contributed by atoms with E-state index in [1.54, 1.807) is 0 Å². The van der Waals surface area contributed by atoms with Crippen molar-refractivity contribution in [1.82, 2.24) is 4.98 Å². The predicted molar refractivity (Wildman–Crippen MR) is 67.0 cm³/mol. The molecule has 2 rings (SSSR count). The molecule has 0 radical (unpaired) electrons. The van der Waals surface area contributed by atoms with E-state index in [1.807, 2.05) is 6.20 Å². The summed E-state index contributed by atoms with van der Waals surface area (Å²) in [6.07, 6.45) is 9.25. The molecular formula is C14H23BrN2. The van der Waals surface area contributed by atoms with E-state index in [-0.39, 0.29) is 17.0 Å². The molecule has 1 aromatic rings. The van der Waals surface area contributed by atoms with Gasteiger partial charge in [0.15, 0.2) is 0 Å². The van der Waals surface area contributed by atoms with Crippen LogP contribution in [-0.2, 0) is 0 Å². The number of quaternary nitrogens is 1. The van der Waals surface area contributed by atoms with E-state index in [0.717, 1.165) is 0 Å². The molecule has 1 fully saturated rings. The van der Waals surface area contributed by atoms with Crippen molar-refractivity contribution < 1.29 is 21.5 Å². The van der Waals surface area contributed by atoms with Gasteiger partial charge >= 0.3 is 0 Å². The molecule has 2 unspecified atom stereocenters. The van der Waals surface area contributed by atoms with E-state index in [4.69, 9.17) is 0 Å². The summed E-state index contributed by atoms with van der Waals surface area (Å²) in [5, 5.41) is 0. The Bertz CT molecular complexity index is 328. The number of unbranched alkanes of at least 4 members (excludes halogenated alkanes) is 1. The lowest BCUT2D eigenvalue weighted by atomic mass is 10.1. The minimum absolute atomic E-state index is 0. The highest BCUT2D eigenvalue weighted by molar-refractivity contribution is 5.12. The Morgan fingerprint density at radius 1 is 1.47 bits per heavy atom. The minimum atomic E-state index is 0. The van der Waals surface area contributed by atoms with E-state index in [1.165, 1.54) is 48.8 Å². The molecule has 0 spiro atoms.